The van der Waals surface area contributed by atoms with Crippen LogP contribution in [0.3, 0.4) is 0 Å². The lowest BCUT2D eigenvalue weighted by molar-refractivity contribution is -0.198. The van der Waals surface area contributed by atoms with Crippen molar-refractivity contribution in [2.45, 2.75) is 20.3 Å². The van der Waals surface area contributed by atoms with Gasteiger partial charge in [-0.05, 0) is 13.3 Å². The summed E-state index contributed by atoms with van der Waals surface area (Å²) >= 11 is 0. The average molecular weight is 212 g/mol. The predicted octanol–water partition coefficient (Wildman–Crippen LogP) is 2.28. The summed E-state index contributed by atoms with van der Waals surface area (Å²) in [7, 11) is -2.79. The quantitative estimate of drug-likeness (QED) is 0.328. The van der Waals surface area contributed by atoms with E-state index in [-0.39, 0.29) is 6.61 Å². The summed E-state index contributed by atoms with van der Waals surface area (Å²) in [5.41, 5.74) is 0. The van der Waals surface area contributed by atoms with E-state index >= 15 is 0 Å². The summed E-state index contributed by atoms with van der Waals surface area (Å²) in [6.45, 7) is 7.24. The highest BCUT2D eigenvalue weighted by Gasteiger charge is 2.20. The van der Waals surface area contributed by atoms with Gasteiger partial charge in [-0.15, -0.1) is 11.3 Å². The third-order valence-electron chi connectivity index (χ3n) is 0.627. The van der Waals surface area contributed by atoms with Crippen molar-refractivity contribution in [3.8, 4) is 0 Å². The first-order valence-corrected chi connectivity index (χ1v) is 5.30. The van der Waals surface area contributed by atoms with Crippen LogP contribution in [-0.2, 0) is 18.7 Å². The van der Waals surface area contributed by atoms with Crippen molar-refractivity contribution in [2.75, 3.05) is 13.7 Å². The Hall–Kier alpha value is -0.190. The summed E-state index contributed by atoms with van der Waals surface area (Å²) in [4.78, 5) is 12.6. The Kier molecular flexibility index (Phi) is 11.6. The first-order chi connectivity index (χ1) is 6.04. The SMILES string of the molecule is C=CC.CCCOP(=O)(O)OOC. The molecule has 0 aromatic heterocycles. The zero-order valence-electron chi connectivity index (χ0n) is 8.23. The minimum atomic E-state index is -3.93. The third-order valence-corrected chi connectivity index (χ3v) is 1.47. The summed E-state index contributed by atoms with van der Waals surface area (Å²) in [6.07, 6.45) is 2.40. The molecule has 0 amide bonds. The smallest absolute Gasteiger partial charge is 0.301 e. The van der Waals surface area contributed by atoms with Gasteiger partial charge in [0.2, 0.25) is 0 Å². The third kappa shape index (κ3) is 14.6. The van der Waals surface area contributed by atoms with E-state index in [1.165, 1.54) is 0 Å². The molecular weight excluding hydrogens is 195 g/mol. The Balaban J connectivity index is 0. The molecule has 0 aliphatic carbocycles. The molecule has 0 aromatic carbocycles. The highest BCUT2D eigenvalue weighted by molar-refractivity contribution is 7.47. The predicted molar refractivity (Wildman–Crippen MR) is 50.0 cm³/mol. The zero-order chi connectivity index (χ0) is 10.7. The molecule has 1 unspecified atom stereocenters. The molecule has 0 fully saturated rings. The Morgan fingerprint density at radius 1 is 1.62 bits per heavy atom. The van der Waals surface area contributed by atoms with Gasteiger partial charge >= 0.3 is 7.82 Å². The van der Waals surface area contributed by atoms with Crippen LogP contribution in [0.1, 0.15) is 20.3 Å². The van der Waals surface area contributed by atoms with E-state index in [0.29, 0.717) is 6.42 Å². The van der Waals surface area contributed by atoms with E-state index in [1.807, 2.05) is 13.8 Å². The van der Waals surface area contributed by atoms with Crippen molar-refractivity contribution in [3.63, 3.8) is 0 Å². The van der Waals surface area contributed by atoms with Crippen molar-refractivity contribution >= 4 is 7.82 Å². The summed E-state index contributed by atoms with van der Waals surface area (Å²) in [5.74, 6) is 0. The topological polar surface area (TPSA) is 65.0 Å². The van der Waals surface area contributed by atoms with Gasteiger partial charge in [0.1, 0.15) is 0 Å². The summed E-state index contributed by atoms with van der Waals surface area (Å²) in [6, 6.07) is 0. The molecule has 0 saturated heterocycles. The van der Waals surface area contributed by atoms with Crippen LogP contribution in [0.15, 0.2) is 12.7 Å². The Morgan fingerprint density at radius 3 is 2.38 bits per heavy atom. The second-order valence-electron chi connectivity index (χ2n) is 1.95. The molecule has 0 aliphatic heterocycles. The van der Waals surface area contributed by atoms with Gasteiger partial charge in [-0.1, -0.05) is 13.0 Å². The summed E-state index contributed by atoms with van der Waals surface area (Å²) in [5, 5.41) is 0. The molecular formula is C7H17O5P. The van der Waals surface area contributed by atoms with Gasteiger partial charge in [0, 0.05) is 0 Å². The molecule has 0 spiro atoms. The molecule has 0 aliphatic rings. The molecule has 0 heterocycles. The maximum absolute atomic E-state index is 10.6. The van der Waals surface area contributed by atoms with E-state index in [4.69, 9.17) is 4.89 Å². The van der Waals surface area contributed by atoms with Crippen molar-refractivity contribution < 1.29 is 23.5 Å². The van der Waals surface area contributed by atoms with E-state index in [1.54, 1.807) is 6.08 Å². The van der Waals surface area contributed by atoms with Gasteiger partial charge in [-0.2, -0.15) is 0 Å². The van der Waals surface area contributed by atoms with Crippen molar-refractivity contribution in [1.29, 1.82) is 0 Å². The zero-order valence-corrected chi connectivity index (χ0v) is 9.12. The first-order valence-electron chi connectivity index (χ1n) is 3.80. The molecule has 0 bridgehead atoms. The lowest BCUT2D eigenvalue weighted by Crippen LogP contribution is -1.94. The molecule has 0 rings (SSSR count). The van der Waals surface area contributed by atoms with Gasteiger partial charge in [0.15, 0.2) is 0 Å². The molecule has 13 heavy (non-hydrogen) atoms. The fourth-order valence-electron chi connectivity index (χ4n) is 0.322. The second-order valence-corrected chi connectivity index (χ2v) is 3.30. The van der Waals surface area contributed by atoms with E-state index in [9.17, 15) is 4.57 Å². The normalized spacial score (nSPS) is 13.8. The number of hydrogen-bond donors (Lipinski definition) is 1. The van der Waals surface area contributed by atoms with Crippen LogP contribution < -0.4 is 0 Å². The van der Waals surface area contributed by atoms with Crippen LogP contribution in [-0.4, -0.2) is 18.6 Å². The molecule has 5 nitrogen and oxygen atoms in total. The molecule has 0 saturated carbocycles. The molecule has 0 aromatic rings. The molecule has 0 radical (unpaired) electrons. The lowest BCUT2D eigenvalue weighted by Gasteiger charge is -2.07. The first kappa shape index (κ1) is 15.3. The van der Waals surface area contributed by atoms with Crippen LogP contribution in [0.2, 0.25) is 0 Å². The van der Waals surface area contributed by atoms with Crippen LogP contribution in [0.4, 0.5) is 0 Å². The number of rotatable bonds is 5. The molecule has 80 valence electrons. The largest absolute Gasteiger partial charge is 0.499 e. The fourth-order valence-corrected chi connectivity index (χ4v) is 0.967. The molecule has 1 N–H and O–H groups in total. The highest BCUT2D eigenvalue weighted by atomic mass is 31.2. The fraction of sp³-hybridized carbons (Fsp3) is 0.714. The van der Waals surface area contributed by atoms with Crippen LogP contribution in [0.25, 0.3) is 0 Å². The molecule has 1 atom stereocenters. The van der Waals surface area contributed by atoms with Crippen LogP contribution >= 0.6 is 7.82 Å². The van der Waals surface area contributed by atoms with Gasteiger partial charge in [0.05, 0.1) is 13.7 Å². The van der Waals surface area contributed by atoms with Gasteiger partial charge < -0.3 is 4.89 Å². The number of phosphoric acid groups is 1. The van der Waals surface area contributed by atoms with Crippen molar-refractivity contribution in [2.24, 2.45) is 0 Å². The molecule has 6 heteroatoms. The second kappa shape index (κ2) is 9.89. The van der Waals surface area contributed by atoms with Crippen LogP contribution in [0.5, 0.6) is 0 Å². The number of hydrogen-bond acceptors (Lipinski definition) is 4. The Bertz CT molecular complexity index is 159. The van der Waals surface area contributed by atoms with Gasteiger partial charge in [0.25, 0.3) is 0 Å². The maximum Gasteiger partial charge on any atom is 0.499 e. The van der Waals surface area contributed by atoms with E-state index < -0.39 is 7.82 Å². The summed E-state index contributed by atoms with van der Waals surface area (Å²) < 4.78 is 18.9. The number of allylic oxidation sites excluding steroid dienone is 1. The monoisotopic (exact) mass is 212 g/mol. The number of phosphoric ester groups is 1. The maximum atomic E-state index is 10.6. The van der Waals surface area contributed by atoms with Gasteiger partial charge in [-0.25, -0.2) is 9.45 Å². The highest BCUT2D eigenvalue weighted by Crippen LogP contribution is 2.42. The average Bonchev–Trinajstić information content (AvgIpc) is 2.02. The van der Waals surface area contributed by atoms with E-state index in [2.05, 4.69) is 20.7 Å². The standard InChI is InChI=1S/C4H11O5P.C3H6/c1-3-4-8-10(5,6)9-7-2;1-3-2/h3-4H2,1-2H3,(H,5,6);3H,1H2,2H3. The minimum Gasteiger partial charge on any atom is -0.301 e. The lowest BCUT2D eigenvalue weighted by atomic mass is 10.5. The van der Waals surface area contributed by atoms with E-state index in [0.717, 1.165) is 7.11 Å². The van der Waals surface area contributed by atoms with Gasteiger partial charge in [-0.3, -0.25) is 4.52 Å². The minimum absolute atomic E-state index is 0.178. The Labute approximate surface area is 78.9 Å². The van der Waals surface area contributed by atoms with Crippen LogP contribution in [0, 0.1) is 0 Å². The van der Waals surface area contributed by atoms with Crippen molar-refractivity contribution in [3.05, 3.63) is 12.7 Å². The Morgan fingerprint density at radius 2 is 2.08 bits per heavy atom. The van der Waals surface area contributed by atoms with Crippen molar-refractivity contribution in [1.82, 2.24) is 0 Å².